The Balaban J connectivity index is 3.71. The molecule has 0 aliphatic carbocycles. The van der Waals surface area contributed by atoms with Crippen molar-refractivity contribution in [1.82, 2.24) is 0 Å². The molecule has 0 fully saturated rings. The highest BCUT2D eigenvalue weighted by atomic mass is 79.9. The first-order valence-electron chi connectivity index (χ1n) is 4.97. The number of hydrogen-bond acceptors (Lipinski definition) is 0. The maximum absolute atomic E-state index is 3.62. The Bertz CT molecular complexity index is 114. The number of alkyl halides is 1. The van der Waals surface area contributed by atoms with E-state index in [-0.39, 0.29) is 0 Å². The average molecular weight is 235 g/mol. The van der Waals surface area contributed by atoms with Gasteiger partial charge in [-0.15, -0.1) is 0 Å². The summed E-state index contributed by atoms with van der Waals surface area (Å²) in [6, 6.07) is 0. The largest absolute Gasteiger partial charge is 0.0893 e. The smallest absolute Gasteiger partial charge is 0.0122 e. The molecule has 0 aliphatic heterocycles. The molecule has 12 heavy (non-hydrogen) atoms. The maximum Gasteiger partial charge on any atom is 0.0122 e. The monoisotopic (exact) mass is 234 g/mol. The van der Waals surface area contributed by atoms with Crippen molar-refractivity contribution in [3.8, 4) is 0 Å². The summed E-state index contributed by atoms with van der Waals surface area (Å²) in [5, 5.41) is 0. The average Bonchev–Trinajstić information content (AvgIpc) is 1.81. The summed E-state index contributed by atoms with van der Waals surface area (Å²) in [6.45, 7) is 11.6. The van der Waals surface area contributed by atoms with Crippen molar-refractivity contribution in [2.75, 3.05) is 0 Å². The van der Waals surface area contributed by atoms with Crippen molar-refractivity contribution in [3.05, 3.63) is 0 Å². The molecule has 0 radical (unpaired) electrons. The molecule has 0 rings (SSSR count). The first-order valence-corrected chi connectivity index (χ1v) is 5.89. The van der Waals surface area contributed by atoms with Crippen LogP contribution in [0.4, 0.5) is 0 Å². The quantitative estimate of drug-likeness (QED) is 0.610. The van der Waals surface area contributed by atoms with E-state index in [4.69, 9.17) is 0 Å². The van der Waals surface area contributed by atoms with Crippen LogP contribution in [0, 0.1) is 11.3 Å². The van der Waals surface area contributed by atoms with Gasteiger partial charge in [0.15, 0.2) is 0 Å². The van der Waals surface area contributed by atoms with Gasteiger partial charge in [0.05, 0.1) is 0 Å². The lowest BCUT2D eigenvalue weighted by molar-refractivity contribution is 0.283. The third kappa shape index (κ3) is 7.15. The first kappa shape index (κ1) is 12.5. The summed E-state index contributed by atoms with van der Waals surface area (Å²) in [5.74, 6) is 0.843. The van der Waals surface area contributed by atoms with Crippen LogP contribution in [-0.4, -0.2) is 4.83 Å². The lowest BCUT2D eigenvalue weighted by Gasteiger charge is -2.26. The second-order valence-corrected chi connectivity index (χ2v) is 6.64. The zero-order valence-electron chi connectivity index (χ0n) is 9.15. The molecule has 1 heteroatoms. The van der Waals surface area contributed by atoms with E-state index >= 15 is 0 Å². The minimum Gasteiger partial charge on any atom is -0.0893 e. The molecule has 0 amide bonds. The van der Waals surface area contributed by atoms with E-state index in [1.54, 1.807) is 0 Å². The van der Waals surface area contributed by atoms with Gasteiger partial charge in [0.1, 0.15) is 0 Å². The highest BCUT2D eigenvalue weighted by Gasteiger charge is 2.19. The van der Waals surface area contributed by atoms with Gasteiger partial charge < -0.3 is 0 Å². The summed E-state index contributed by atoms with van der Waals surface area (Å²) < 4.78 is 0. The van der Waals surface area contributed by atoms with Gasteiger partial charge >= 0.3 is 0 Å². The van der Waals surface area contributed by atoms with Gasteiger partial charge in [-0.3, -0.25) is 0 Å². The van der Waals surface area contributed by atoms with Crippen molar-refractivity contribution in [2.45, 2.75) is 58.7 Å². The molecule has 0 saturated heterocycles. The third-order valence-corrected chi connectivity index (χ3v) is 2.56. The Kier molecular flexibility index (Phi) is 5.47. The molecule has 0 saturated carbocycles. The molecule has 0 aromatic carbocycles. The molecule has 0 aromatic rings. The molecule has 0 aliphatic rings. The molecule has 0 spiro atoms. The Labute approximate surface area is 86.3 Å². The fraction of sp³-hybridized carbons (Fsp3) is 1.00. The van der Waals surface area contributed by atoms with E-state index in [9.17, 15) is 0 Å². The van der Waals surface area contributed by atoms with Gasteiger partial charge in [-0.1, -0.05) is 57.0 Å². The van der Waals surface area contributed by atoms with E-state index in [0.717, 1.165) is 5.92 Å². The van der Waals surface area contributed by atoms with Crippen LogP contribution in [0.2, 0.25) is 0 Å². The molecule has 0 heterocycles. The second-order valence-electron chi connectivity index (χ2n) is 5.08. The third-order valence-electron chi connectivity index (χ3n) is 2.23. The van der Waals surface area contributed by atoms with Gasteiger partial charge in [0, 0.05) is 4.83 Å². The number of rotatable bonds is 5. The molecular weight excluding hydrogens is 212 g/mol. The summed E-state index contributed by atoms with van der Waals surface area (Å²) >= 11 is 3.62. The number of halogens is 1. The van der Waals surface area contributed by atoms with Crippen LogP contribution in [0.5, 0.6) is 0 Å². The van der Waals surface area contributed by atoms with Crippen LogP contribution in [0.1, 0.15) is 53.9 Å². The minimum atomic E-state index is 0.507. The predicted octanol–water partition coefficient (Wildman–Crippen LogP) is 4.62. The van der Waals surface area contributed by atoms with Gasteiger partial charge in [-0.2, -0.15) is 0 Å². The van der Waals surface area contributed by atoms with Crippen molar-refractivity contribution in [2.24, 2.45) is 11.3 Å². The summed E-state index contributed by atoms with van der Waals surface area (Å²) in [5.41, 5.74) is 0.507. The summed E-state index contributed by atoms with van der Waals surface area (Å²) in [6.07, 6.45) is 3.98. The Morgan fingerprint density at radius 2 is 1.67 bits per heavy atom. The van der Waals surface area contributed by atoms with E-state index in [1.165, 1.54) is 19.3 Å². The lowest BCUT2D eigenvalue weighted by Crippen LogP contribution is -2.16. The van der Waals surface area contributed by atoms with Crippen molar-refractivity contribution < 1.29 is 0 Å². The predicted molar refractivity (Wildman–Crippen MR) is 60.9 cm³/mol. The van der Waals surface area contributed by atoms with Gasteiger partial charge in [-0.05, 0) is 24.2 Å². The lowest BCUT2D eigenvalue weighted by atomic mass is 9.81. The molecule has 0 bridgehead atoms. The highest BCUT2D eigenvalue weighted by Crippen LogP contribution is 2.31. The second kappa shape index (κ2) is 5.26. The first-order chi connectivity index (χ1) is 5.33. The molecule has 74 valence electrons. The SMILES string of the molecule is CC(C)CCC(C)(C)CC(C)Br. The Hall–Kier alpha value is 0.480. The van der Waals surface area contributed by atoms with Crippen LogP contribution in [0.3, 0.4) is 0 Å². The molecule has 1 unspecified atom stereocenters. The summed E-state index contributed by atoms with van der Waals surface area (Å²) in [4.78, 5) is 0.652. The zero-order chi connectivity index (χ0) is 9.78. The Morgan fingerprint density at radius 1 is 1.17 bits per heavy atom. The van der Waals surface area contributed by atoms with E-state index in [2.05, 4.69) is 50.5 Å². The van der Waals surface area contributed by atoms with Crippen molar-refractivity contribution >= 4 is 15.9 Å². The Morgan fingerprint density at radius 3 is 2.00 bits per heavy atom. The van der Waals surface area contributed by atoms with E-state index in [0.29, 0.717) is 10.2 Å². The van der Waals surface area contributed by atoms with Crippen LogP contribution in [-0.2, 0) is 0 Å². The van der Waals surface area contributed by atoms with Crippen LogP contribution in [0.25, 0.3) is 0 Å². The molecule has 0 N–H and O–H groups in total. The van der Waals surface area contributed by atoms with E-state index < -0.39 is 0 Å². The fourth-order valence-electron chi connectivity index (χ4n) is 1.54. The van der Waals surface area contributed by atoms with Crippen LogP contribution in [0.15, 0.2) is 0 Å². The van der Waals surface area contributed by atoms with Gasteiger partial charge in [0.25, 0.3) is 0 Å². The van der Waals surface area contributed by atoms with Gasteiger partial charge in [0.2, 0.25) is 0 Å². The normalized spacial score (nSPS) is 15.2. The van der Waals surface area contributed by atoms with Crippen molar-refractivity contribution in [3.63, 3.8) is 0 Å². The standard InChI is InChI=1S/C11H23Br/c1-9(2)6-7-11(4,5)8-10(3)12/h9-10H,6-8H2,1-5H3. The number of hydrogen-bond donors (Lipinski definition) is 0. The maximum atomic E-state index is 3.62. The van der Waals surface area contributed by atoms with Crippen LogP contribution < -0.4 is 0 Å². The fourth-order valence-corrected chi connectivity index (χ4v) is 2.42. The van der Waals surface area contributed by atoms with Crippen LogP contribution >= 0.6 is 15.9 Å². The molecule has 0 aromatic heterocycles. The highest BCUT2D eigenvalue weighted by molar-refractivity contribution is 9.09. The van der Waals surface area contributed by atoms with Crippen molar-refractivity contribution in [1.29, 1.82) is 0 Å². The van der Waals surface area contributed by atoms with Gasteiger partial charge in [-0.25, -0.2) is 0 Å². The minimum absolute atomic E-state index is 0.507. The molecule has 0 nitrogen and oxygen atoms in total. The summed E-state index contributed by atoms with van der Waals surface area (Å²) in [7, 11) is 0. The molecular formula is C11H23Br. The zero-order valence-corrected chi connectivity index (χ0v) is 10.7. The van der Waals surface area contributed by atoms with E-state index in [1.807, 2.05) is 0 Å². The molecule has 1 atom stereocenters. The topological polar surface area (TPSA) is 0 Å².